The number of esters is 1. The van der Waals surface area contributed by atoms with Crippen molar-refractivity contribution >= 4 is 17.8 Å². The van der Waals surface area contributed by atoms with Gasteiger partial charge in [-0.25, -0.2) is 4.79 Å². The zero-order chi connectivity index (χ0) is 15.5. The second-order valence-corrected chi connectivity index (χ2v) is 3.94. The van der Waals surface area contributed by atoms with Gasteiger partial charge < -0.3 is 15.0 Å². The summed E-state index contributed by atoms with van der Waals surface area (Å²) in [4.78, 5) is 35.1. The van der Waals surface area contributed by atoms with Gasteiger partial charge >= 0.3 is 5.97 Å². The van der Waals surface area contributed by atoms with Crippen molar-refractivity contribution in [2.45, 2.75) is 13.0 Å². The average molecular weight is 280 g/mol. The van der Waals surface area contributed by atoms with Gasteiger partial charge in [0, 0.05) is 19.2 Å². The van der Waals surface area contributed by atoms with Gasteiger partial charge in [-0.1, -0.05) is 19.7 Å². The highest BCUT2D eigenvalue weighted by Crippen LogP contribution is 1.99. The molecule has 0 heterocycles. The Morgan fingerprint density at radius 3 is 2.35 bits per heavy atom. The molecule has 0 aromatic heterocycles. The fourth-order valence-electron chi connectivity index (χ4n) is 1.40. The van der Waals surface area contributed by atoms with E-state index in [0.29, 0.717) is 0 Å². The van der Waals surface area contributed by atoms with E-state index in [1.807, 2.05) is 0 Å². The highest BCUT2D eigenvalue weighted by Gasteiger charge is 2.16. The molecule has 0 aliphatic heterocycles. The normalized spacial score (nSPS) is 10.8. The van der Waals surface area contributed by atoms with Crippen molar-refractivity contribution in [1.29, 1.82) is 0 Å². The predicted octanol–water partition coefficient (Wildman–Crippen LogP) is 0.421. The van der Waals surface area contributed by atoms with Crippen LogP contribution in [0.5, 0.6) is 0 Å². The minimum atomic E-state index is -0.552. The molecular formula is C14H20N2O4. The molecule has 110 valence electrons. The lowest BCUT2D eigenvalue weighted by molar-refractivity contribution is -0.145. The minimum Gasteiger partial charge on any atom is -0.458 e. The summed E-state index contributed by atoms with van der Waals surface area (Å²) in [5.74, 6) is -1.18. The fraction of sp³-hybridized carbons (Fsp3) is 0.357. The first kappa shape index (κ1) is 17.6. The Morgan fingerprint density at radius 2 is 1.85 bits per heavy atom. The molecule has 0 rings (SSSR count). The number of nitrogens with one attached hydrogen (secondary N) is 1. The lowest BCUT2D eigenvalue weighted by Crippen LogP contribution is -2.41. The zero-order valence-electron chi connectivity index (χ0n) is 11.6. The molecule has 0 saturated heterocycles. The molecule has 6 nitrogen and oxygen atoms in total. The van der Waals surface area contributed by atoms with Crippen LogP contribution in [0.3, 0.4) is 0 Å². The molecule has 1 atom stereocenters. The lowest BCUT2D eigenvalue weighted by atomic mass is 10.3. The van der Waals surface area contributed by atoms with Crippen LogP contribution in [0, 0.1) is 0 Å². The monoisotopic (exact) mass is 280 g/mol. The third-order valence-electron chi connectivity index (χ3n) is 2.31. The van der Waals surface area contributed by atoms with E-state index in [1.165, 1.54) is 4.90 Å². The zero-order valence-corrected chi connectivity index (χ0v) is 11.6. The first-order valence-electron chi connectivity index (χ1n) is 6.09. The van der Waals surface area contributed by atoms with E-state index < -0.39 is 12.1 Å². The number of hydrogen-bond donors (Lipinski definition) is 1. The van der Waals surface area contributed by atoms with Crippen LogP contribution in [0.1, 0.15) is 6.92 Å². The number of carbonyl (C=O) groups excluding carboxylic acids is 3. The number of rotatable bonds is 9. The van der Waals surface area contributed by atoms with Gasteiger partial charge in [-0.05, 0) is 19.1 Å². The molecule has 1 unspecified atom stereocenters. The van der Waals surface area contributed by atoms with Crippen LogP contribution in [-0.4, -0.2) is 48.4 Å². The highest BCUT2D eigenvalue weighted by molar-refractivity contribution is 5.88. The summed E-state index contributed by atoms with van der Waals surface area (Å²) in [7, 11) is 0. The average Bonchev–Trinajstić information content (AvgIpc) is 2.44. The van der Waals surface area contributed by atoms with E-state index in [9.17, 15) is 14.4 Å². The molecule has 0 aromatic carbocycles. The Balaban J connectivity index is 4.41. The summed E-state index contributed by atoms with van der Waals surface area (Å²) in [6, 6.07) is 0. The third kappa shape index (κ3) is 7.15. The maximum Gasteiger partial charge on any atom is 0.330 e. The second kappa shape index (κ2) is 9.55. The smallest absolute Gasteiger partial charge is 0.330 e. The van der Waals surface area contributed by atoms with Crippen LogP contribution in [0.2, 0.25) is 0 Å². The van der Waals surface area contributed by atoms with Crippen molar-refractivity contribution in [1.82, 2.24) is 10.2 Å². The number of carbonyl (C=O) groups is 3. The third-order valence-corrected chi connectivity index (χ3v) is 2.31. The highest BCUT2D eigenvalue weighted by atomic mass is 16.5. The molecule has 0 aliphatic carbocycles. The fourth-order valence-corrected chi connectivity index (χ4v) is 1.40. The second-order valence-electron chi connectivity index (χ2n) is 3.94. The SMILES string of the molecule is C=CC(=O)NCCN(CC(C)OC(=O)C=C)C(=O)C=C. The molecule has 1 N–H and O–H groups in total. The van der Waals surface area contributed by atoms with Crippen molar-refractivity contribution in [3.63, 3.8) is 0 Å². The van der Waals surface area contributed by atoms with E-state index in [0.717, 1.165) is 18.2 Å². The van der Waals surface area contributed by atoms with Crippen LogP contribution in [0.4, 0.5) is 0 Å². The molecule has 0 radical (unpaired) electrons. The van der Waals surface area contributed by atoms with Crippen molar-refractivity contribution in [2.75, 3.05) is 19.6 Å². The van der Waals surface area contributed by atoms with Crippen LogP contribution in [0.25, 0.3) is 0 Å². The van der Waals surface area contributed by atoms with Crippen molar-refractivity contribution in [2.24, 2.45) is 0 Å². The molecule has 0 bridgehead atoms. The lowest BCUT2D eigenvalue weighted by Gasteiger charge is -2.24. The van der Waals surface area contributed by atoms with Crippen molar-refractivity contribution in [3.8, 4) is 0 Å². The molecule has 0 saturated carbocycles. The Kier molecular flexibility index (Phi) is 8.41. The van der Waals surface area contributed by atoms with Gasteiger partial charge in [0.25, 0.3) is 0 Å². The van der Waals surface area contributed by atoms with Crippen LogP contribution in [0.15, 0.2) is 38.0 Å². The quantitative estimate of drug-likeness (QED) is 0.490. The summed E-state index contributed by atoms with van der Waals surface area (Å²) in [6.07, 6.45) is 2.88. The minimum absolute atomic E-state index is 0.203. The summed E-state index contributed by atoms with van der Waals surface area (Å²) >= 11 is 0. The molecule has 6 heteroatoms. The molecule has 0 aliphatic rings. The van der Waals surface area contributed by atoms with Gasteiger partial charge in [0.1, 0.15) is 6.10 Å². The Labute approximate surface area is 118 Å². The largest absolute Gasteiger partial charge is 0.458 e. The molecular weight excluding hydrogens is 260 g/mol. The van der Waals surface area contributed by atoms with E-state index in [4.69, 9.17) is 4.74 Å². The first-order valence-corrected chi connectivity index (χ1v) is 6.09. The van der Waals surface area contributed by atoms with Crippen molar-refractivity contribution in [3.05, 3.63) is 38.0 Å². The Bertz CT molecular complexity index is 404. The summed E-state index contributed by atoms with van der Waals surface area (Å²) in [5, 5.41) is 2.56. The van der Waals surface area contributed by atoms with Crippen LogP contribution < -0.4 is 5.32 Å². The van der Waals surface area contributed by atoms with Gasteiger partial charge in [-0.3, -0.25) is 9.59 Å². The van der Waals surface area contributed by atoms with Gasteiger partial charge in [0.2, 0.25) is 11.8 Å². The summed E-state index contributed by atoms with van der Waals surface area (Å²) < 4.78 is 4.98. The van der Waals surface area contributed by atoms with Gasteiger partial charge in [0.05, 0.1) is 6.54 Å². The molecule has 0 aromatic rings. The van der Waals surface area contributed by atoms with Crippen LogP contribution in [-0.2, 0) is 19.1 Å². The number of amides is 2. The molecule has 2 amide bonds. The van der Waals surface area contributed by atoms with Crippen molar-refractivity contribution < 1.29 is 19.1 Å². The first-order chi connectivity index (χ1) is 9.44. The summed E-state index contributed by atoms with van der Waals surface area (Å²) in [5.41, 5.74) is 0. The summed E-state index contributed by atoms with van der Waals surface area (Å²) in [6.45, 7) is 12.4. The Morgan fingerprint density at radius 1 is 1.20 bits per heavy atom. The van der Waals surface area contributed by atoms with Gasteiger partial charge in [-0.2, -0.15) is 0 Å². The van der Waals surface area contributed by atoms with E-state index in [-0.39, 0.29) is 31.4 Å². The van der Waals surface area contributed by atoms with Crippen LogP contribution >= 0.6 is 0 Å². The maximum absolute atomic E-state index is 11.7. The topological polar surface area (TPSA) is 75.7 Å². The number of nitrogens with zero attached hydrogens (tertiary/aromatic N) is 1. The van der Waals surface area contributed by atoms with E-state index >= 15 is 0 Å². The van der Waals surface area contributed by atoms with E-state index in [1.54, 1.807) is 6.92 Å². The Hall–Kier alpha value is -2.37. The number of hydrogen-bond acceptors (Lipinski definition) is 4. The number of ether oxygens (including phenoxy) is 1. The molecule has 0 spiro atoms. The maximum atomic E-state index is 11.7. The van der Waals surface area contributed by atoms with Gasteiger partial charge in [0.15, 0.2) is 0 Å². The predicted molar refractivity (Wildman–Crippen MR) is 75.7 cm³/mol. The molecule has 0 fully saturated rings. The van der Waals surface area contributed by atoms with E-state index in [2.05, 4.69) is 25.1 Å². The molecule has 20 heavy (non-hydrogen) atoms. The standard InChI is InChI=1S/C14H20N2O4/c1-5-12(17)15-8-9-16(13(18)6-2)10-11(4)20-14(19)7-3/h5-7,11H,1-3,8-10H2,4H3,(H,15,17). The van der Waals surface area contributed by atoms with Gasteiger partial charge in [-0.15, -0.1) is 0 Å².